The summed E-state index contributed by atoms with van der Waals surface area (Å²) in [4.78, 5) is 26.8. The van der Waals surface area contributed by atoms with Gasteiger partial charge in [0.05, 0.1) is 37.4 Å². The number of rotatable bonds is 4. The summed E-state index contributed by atoms with van der Waals surface area (Å²) in [6.07, 6.45) is 0.934. The van der Waals surface area contributed by atoms with Crippen LogP contribution in [0.5, 0.6) is 0 Å². The largest absolute Gasteiger partial charge is 0.465 e. The molecule has 0 aliphatic heterocycles. The predicted molar refractivity (Wildman–Crippen MR) is 81.3 cm³/mol. The number of pyridine rings is 1. The number of hydrogen-bond donors (Lipinski definition) is 2. The number of nitrogens with one attached hydrogen (secondary N) is 2. The molecule has 0 aliphatic carbocycles. The van der Waals surface area contributed by atoms with E-state index in [9.17, 15) is 9.59 Å². The molecule has 114 valence electrons. The molecule has 22 heavy (non-hydrogen) atoms. The van der Waals surface area contributed by atoms with E-state index in [1.165, 1.54) is 20.4 Å². The molecule has 1 heterocycles. The molecule has 0 unspecified atom stereocenters. The van der Waals surface area contributed by atoms with Crippen LogP contribution < -0.4 is 10.6 Å². The third-order valence-corrected chi connectivity index (χ3v) is 2.79. The second-order valence-electron chi connectivity index (χ2n) is 4.21. The SMILES string of the molecule is COC(=O)Nc1ccc(Nc2ccccc2C(=O)OC)cn1. The maximum Gasteiger partial charge on any atom is 0.412 e. The Bertz CT molecular complexity index is 671. The van der Waals surface area contributed by atoms with E-state index in [0.29, 0.717) is 22.8 Å². The van der Waals surface area contributed by atoms with Gasteiger partial charge in [0.2, 0.25) is 0 Å². The van der Waals surface area contributed by atoms with E-state index in [-0.39, 0.29) is 0 Å². The van der Waals surface area contributed by atoms with Crippen LogP contribution in [-0.2, 0) is 9.47 Å². The molecular weight excluding hydrogens is 286 g/mol. The van der Waals surface area contributed by atoms with E-state index in [4.69, 9.17) is 4.74 Å². The number of methoxy groups -OCH3 is 2. The Labute approximate surface area is 127 Å². The molecule has 0 atom stereocenters. The number of esters is 1. The fourth-order valence-corrected chi connectivity index (χ4v) is 1.73. The molecular formula is C15H15N3O4. The minimum absolute atomic E-state index is 0.360. The molecule has 7 nitrogen and oxygen atoms in total. The van der Waals surface area contributed by atoms with Gasteiger partial charge in [-0.2, -0.15) is 0 Å². The zero-order chi connectivity index (χ0) is 15.9. The molecule has 0 bridgehead atoms. The van der Waals surface area contributed by atoms with Gasteiger partial charge < -0.3 is 14.8 Å². The number of nitrogens with zero attached hydrogens (tertiary/aromatic N) is 1. The van der Waals surface area contributed by atoms with Crippen LogP contribution in [0.3, 0.4) is 0 Å². The molecule has 2 aromatic rings. The quantitative estimate of drug-likeness (QED) is 0.844. The van der Waals surface area contributed by atoms with E-state index in [2.05, 4.69) is 20.4 Å². The first kappa shape index (κ1) is 15.3. The third-order valence-electron chi connectivity index (χ3n) is 2.79. The summed E-state index contributed by atoms with van der Waals surface area (Å²) in [7, 11) is 2.60. The number of para-hydroxylation sites is 1. The number of aromatic nitrogens is 1. The van der Waals surface area contributed by atoms with E-state index in [1.807, 2.05) is 0 Å². The minimum atomic E-state index is -0.593. The average Bonchev–Trinajstić information content (AvgIpc) is 2.56. The summed E-state index contributed by atoms with van der Waals surface area (Å²) in [5.74, 6) is -0.0707. The zero-order valence-corrected chi connectivity index (χ0v) is 12.1. The van der Waals surface area contributed by atoms with Crippen LogP contribution in [0.25, 0.3) is 0 Å². The maximum absolute atomic E-state index is 11.7. The summed E-state index contributed by atoms with van der Waals surface area (Å²) < 4.78 is 9.21. The molecule has 0 saturated carbocycles. The van der Waals surface area contributed by atoms with Crippen molar-refractivity contribution in [3.05, 3.63) is 48.2 Å². The Morgan fingerprint density at radius 3 is 2.45 bits per heavy atom. The molecule has 0 aliphatic rings. The van der Waals surface area contributed by atoms with Gasteiger partial charge in [-0.3, -0.25) is 5.32 Å². The number of carbonyl (C=O) groups excluding carboxylic acids is 2. The van der Waals surface area contributed by atoms with Gasteiger partial charge in [0.25, 0.3) is 0 Å². The predicted octanol–water partition coefficient (Wildman–Crippen LogP) is 2.79. The summed E-state index contributed by atoms with van der Waals surface area (Å²) in [6.45, 7) is 0. The Kier molecular flexibility index (Phi) is 4.92. The number of anilines is 3. The molecule has 2 N–H and O–H groups in total. The van der Waals surface area contributed by atoms with Crippen molar-refractivity contribution in [1.29, 1.82) is 0 Å². The second kappa shape index (κ2) is 7.07. The van der Waals surface area contributed by atoms with Crippen molar-refractivity contribution >= 4 is 29.3 Å². The Balaban J connectivity index is 2.14. The van der Waals surface area contributed by atoms with Gasteiger partial charge in [-0.25, -0.2) is 14.6 Å². The highest BCUT2D eigenvalue weighted by Gasteiger charge is 2.11. The topological polar surface area (TPSA) is 89.6 Å². The van der Waals surface area contributed by atoms with Crippen molar-refractivity contribution in [3.63, 3.8) is 0 Å². The van der Waals surface area contributed by atoms with Crippen molar-refractivity contribution in [2.24, 2.45) is 0 Å². The summed E-state index contributed by atoms with van der Waals surface area (Å²) >= 11 is 0. The fourth-order valence-electron chi connectivity index (χ4n) is 1.73. The number of benzene rings is 1. The standard InChI is InChI=1S/C15H15N3O4/c1-21-14(19)11-5-3-4-6-12(11)17-10-7-8-13(16-9-10)18-15(20)22-2/h3-9,17H,1-2H3,(H,16,18,20). The van der Waals surface area contributed by atoms with Crippen LogP contribution in [0.4, 0.5) is 22.0 Å². The minimum Gasteiger partial charge on any atom is -0.465 e. The molecule has 0 saturated heterocycles. The van der Waals surface area contributed by atoms with Crippen LogP contribution in [0.1, 0.15) is 10.4 Å². The fraction of sp³-hybridized carbons (Fsp3) is 0.133. The third kappa shape index (κ3) is 3.72. The lowest BCUT2D eigenvalue weighted by molar-refractivity contribution is 0.0602. The van der Waals surface area contributed by atoms with Gasteiger partial charge in [-0.15, -0.1) is 0 Å². The van der Waals surface area contributed by atoms with Gasteiger partial charge in [-0.05, 0) is 24.3 Å². The zero-order valence-electron chi connectivity index (χ0n) is 12.1. The van der Waals surface area contributed by atoms with Gasteiger partial charge in [0.1, 0.15) is 5.82 Å². The van der Waals surface area contributed by atoms with Crippen LogP contribution in [0.2, 0.25) is 0 Å². The normalized spacial score (nSPS) is 9.73. The second-order valence-corrected chi connectivity index (χ2v) is 4.21. The van der Waals surface area contributed by atoms with Crippen LogP contribution >= 0.6 is 0 Å². The van der Waals surface area contributed by atoms with E-state index < -0.39 is 12.1 Å². The lowest BCUT2D eigenvalue weighted by atomic mass is 10.1. The van der Waals surface area contributed by atoms with Crippen molar-refractivity contribution in [1.82, 2.24) is 4.98 Å². The monoisotopic (exact) mass is 301 g/mol. The molecule has 1 aromatic heterocycles. The van der Waals surface area contributed by atoms with E-state index in [1.54, 1.807) is 36.4 Å². The van der Waals surface area contributed by atoms with Gasteiger partial charge in [-0.1, -0.05) is 12.1 Å². The Morgan fingerprint density at radius 2 is 1.82 bits per heavy atom. The molecule has 1 aromatic carbocycles. The van der Waals surface area contributed by atoms with E-state index >= 15 is 0 Å². The highest BCUT2D eigenvalue weighted by Crippen LogP contribution is 2.21. The highest BCUT2D eigenvalue weighted by atomic mass is 16.5. The Hall–Kier alpha value is -3.09. The number of ether oxygens (including phenoxy) is 2. The van der Waals surface area contributed by atoms with Crippen molar-refractivity contribution in [2.75, 3.05) is 24.9 Å². The number of hydrogen-bond acceptors (Lipinski definition) is 6. The molecule has 7 heteroatoms. The van der Waals surface area contributed by atoms with Crippen LogP contribution in [-0.4, -0.2) is 31.3 Å². The molecule has 0 radical (unpaired) electrons. The summed E-state index contributed by atoms with van der Waals surface area (Å²) in [5.41, 5.74) is 1.68. The first-order chi connectivity index (χ1) is 10.6. The van der Waals surface area contributed by atoms with E-state index in [0.717, 1.165) is 0 Å². The first-order valence-corrected chi connectivity index (χ1v) is 6.39. The lowest BCUT2D eigenvalue weighted by Gasteiger charge is -2.11. The molecule has 2 rings (SSSR count). The van der Waals surface area contributed by atoms with Gasteiger partial charge in [0, 0.05) is 0 Å². The first-order valence-electron chi connectivity index (χ1n) is 6.39. The van der Waals surface area contributed by atoms with Crippen molar-refractivity contribution in [2.45, 2.75) is 0 Å². The Morgan fingerprint density at radius 1 is 1.05 bits per heavy atom. The smallest absolute Gasteiger partial charge is 0.412 e. The maximum atomic E-state index is 11.7. The van der Waals surface area contributed by atoms with Crippen molar-refractivity contribution in [3.8, 4) is 0 Å². The number of amides is 1. The molecule has 1 amide bonds. The summed E-state index contributed by atoms with van der Waals surface area (Å²) in [6, 6.07) is 10.3. The molecule has 0 fully saturated rings. The lowest BCUT2D eigenvalue weighted by Crippen LogP contribution is -2.12. The average molecular weight is 301 g/mol. The highest BCUT2D eigenvalue weighted by molar-refractivity contribution is 5.96. The molecule has 0 spiro atoms. The van der Waals surface area contributed by atoms with Crippen molar-refractivity contribution < 1.29 is 19.1 Å². The van der Waals surface area contributed by atoms with Gasteiger partial charge >= 0.3 is 12.1 Å². The van der Waals surface area contributed by atoms with Crippen LogP contribution in [0.15, 0.2) is 42.6 Å². The van der Waals surface area contributed by atoms with Gasteiger partial charge in [0.15, 0.2) is 0 Å². The summed E-state index contributed by atoms with van der Waals surface area (Å²) in [5, 5.41) is 5.52. The van der Waals surface area contributed by atoms with Crippen LogP contribution in [0, 0.1) is 0 Å². The number of carbonyl (C=O) groups is 2.